The first-order valence-corrected chi connectivity index (χ1v) is 7.08. The van der Waals surface area contributed by atoms with Gasteiger partial charge in [0.2, 0.25) is 0 Å². The van der Waals surface area contributed by atoms with E-state index in [2.05, 4.69) is 31.5 Å². The fourth-order valence-electron chi connectivity index (χ4n) is 2.13. The summed E-state index contributed by atoms with van der Waals surface area (Å²) in [6.07, 6.45) is 0. The van der Waals surface area contributed by atoms with E-state index in [0.29, 0.717) is 23.7 Å². The van der Waals surface area contributed by atoms with Gasteiger partial charge in [-0.15, -0.1) is 5.10 Å². The molecule has 0 radical (unpaired) electrons. The van der Waals surface area contributed by atoms with Gasteiger partial charge >= 0.3 is 0 Å². The first kappa shape index (κ1) is 13.6. The van der Waals surface area contributed by atoms with Crippen molar-refractivity contribution >= 4 is 27.3 Å². The number of nitrogens with two attached hydrogens (primary N) is 2. The first-order chi connectivity index (χ1) is 10.1. The second-order valence-electron chi connectivity index (χ2n) is 4.68. The van der Waals surface area contributed by atoms with Gasteiger partial charge in [0.15, 0.2) is 5.82 Å². The van der Waals surface area contributed by atoms with E-state index < -0.39 is 0 Å². The average Bonchev–Trinajstić information content (AvgIpc) is 2.85. The molecule has 0 fully saturated rings. The van der Waals surface area contributed by atoms with E-state index in [1.54, 1.807) is 22.9 Å². The van der Waals surface area contributed by atoms with Crippen molar-refractivity contribution in [2.45, 2.75) is 6.54 Å². The standard InChI is InChI=1S/C14H13BrN6/c15-11-3-1-2-9(4-11)8-21-14(18-19-20-21)10-5-12(16)7-13(17)6-10/h1-7H,8,16-17H2. The molecule has 3 aromatic rings. The molecule has 21 heavy (non-hydrogen) atoms. The zero-order chi connectivity index (χ0) is 14.8. The summed E-state index contributed by atoms with van der Waals surface area (Å²) in [7, 11) is 0. The third kappa shape index (κ3) is 3.03. The number of aromatic nitrogens is 4. The number of benzene rings is 2. The van der Waals surface area contributed by atoms with Crippen LogP contribution in [-0.2, 0) is 6.54 Å². The van der Waals surface area contributed by atoms with Crippen molar-refractivity contribution < 1.29 is 0 Å². The Kier molecular flexibility index (Phi) is 3.57. The van der Waals surface area contributed by atoms with Crippen LogP contribution in [-0.4, -0.2) is 20.2 Å². The molecule has 0 bridgehead atoms. The molecular weight excluding hydrogens is 332 g/mol. The van der Waals surface area contributed by atoms with E-state index in [9.17, 15) is 0 Å². The van der Waals surface area contributed by atoms with Crippen LogP contribution < -0.4 is 11.5 Å². The van der Waals surface area contributed by atoms with Gasteiger partial charge in [-0.25, -0.2) is 4.68 Å². The number of tetrazole rings is 1. The van der Waals surface area contributed by atoms with Crippen molar-refractivity contribution in [1.82, 2.24) is 20.2 Å². The maximum Gasteiger partial charge on any atom is 0.182 e. The predicted molar refractivity (Wildman–Crippen MR) is 85.3 cm³/mol. The van der Waals surface area contributed by atoms with Gasteiger partial charge in [-0.3, -0.25) is 0 Å². The second-order valence-corrected chi connectivity index (χ2v) is 5.59. The molecule has 0 atom stereocenters. The molecule has 0 aliphatic rings. The van der Waals surface area contributed by atoms with Crippen LogP contribution in [0.25, 0.3) is 11.4 Å². The first-order valence-electron chi connectivity index (χ1n) is 6.29. The van der Waals surface area contributed by atoms with Crippen LogP contribution in [0.4, 0.5) is 11.4 Å². The predicted octanol–water partition coefficient (Wildman–Crippen LogP) is 2.32. The molecule has 0 unspecified atom stereocenters. The summed E-state index contributed by atoms with van der Waals surface area (Å²) in [6, 6.07) is 13.3. The van der Waals surface area contributed by atoms with Gasteiger partial charge in [0.05, 0.1) is 6.54 Å². The molecule has 2 aromatic carbocycles. The van der Waals surface area contributed by atoms with E-state index in [0.717, 1.165) is 15.6 Å². The Morgan fingerprint density at radius 1 is 1.05 bits per heavy atom. The summed E-state index contributed by atoms with van der Waals surface area (Å²) in [5, 5.41) is 11.8. The molecule has 3 rings (SSSR count). The van der Waals surface area contributed by atoms with Crippen LogP contribution in [0.15, 0.2) is 46.9 Å². The quantitative estimate of drug-likeness (QED) is 0.710. The largest absolute Gasteiger partial charge is 0.399 e. The number of anilines is 2. The van der Waals surface area contributed by atoms with Crippen molar-refractivity contribution in [3.63, 3.8) is 0 Å². The van der Waals surface area contributed by atoms with Gasteiger partial charge in [-0.2, -0.15) is 0 Å². The molecule has 1 aromatic heterocycles. The molecule has 4 N–H and O–H groups in total. The van der Waals surface area contributed by atoms with E-state index in [4.69, 9.17) is 11.5 Å². The van der Waals surface area contributed by atoms with Crippen molar-refractivity contribution in [3.05, 3.63) is 52.5 Å². The number of hydrogen-bond acceptors (Lipinski definition) is 5. The maximum absolute atomic E-state index is 5.82. The lowest BCUT2D eigenvalue weighted by Gasteiger charge is -2.07. The lowest BCUT2D eigenvalue weighted by Crippen LogP contribution is -2.05. The zero-order valence-corrected chi connectivity index (χ0v) is 12.7. The molecule has 7 heteroatoms. The Balaban J connectivity index is 1.97. The monoisotopic (exact) mass is 344 g/mol. The molecule has 0 amide bonds. The zero-order valence-electron chi connectivity index (χ0n) is 11.1. The summed E-state index contributed by atoms with van der Waals surface area (Å²) in [4.78, 5) is 0. The molecule has 0 spiro atoms. The average molecular weight is 345 g/mol. The van der Waals surface area contributed by atoms with Gasteiger partial charge < -0.3 is 11.5 Å². The minimum atomic E-state index is 0.566. The van der Waals surface area contributed by atoms with Crippen molar-refractivity contribution in [2.75, 3.05) is 11.5 Å². The minimum Gasteiger partial charge on any atom is -0.399 e. The highest BCUT2D eigenvalue weighted by molar-refractivity contribution is 9.10. The Morgan fingerprint density at radius 2 is 1.81 bits per heavy atom. The van der Waals surface area contributed by atoms with Crippen LogP contribution in [0.3, 0.4) is 0 Å². The van der Waals surface area contributed by atoms with E-state index >= 15 is 0 Å². The van der Waals surface area contributed by atoms with Crippen LogP contribution in [0, 0.1) is 0 Å². The summed E-state index contributed by atoms with van der Waals surface area (Å²) >= 11 is 3.45. The Bertz CT molecular complexity index is 762. The van der Waals surface area contributed by atoms with E-state index in [-0.39, 0.29) is 0 Å². The molecule has 0 saturated carbocycles. The highest BCUT2D eigenvalue weighted by atomic mass is 79.9. The van der Waals surface area contributed by atoms with Crippen molar-refractivity contribution in [2.24, 2.45) is 0 Å². The van der Waals surface area contributed by atoms with Crippen LogP contribution in [0.5, 0.6) is 0 Å². The molecular formula is C14H13BrN6. The van der Waals surface area contributed by atoms with Gasteiger partial charge in [0.1, 0.15) is 0 Å². The fraction of sp³-hybridized carbons (Fsp3) is 0.0714. The minimum absolute atomic E-state index is 0.566. The lowest BCUT2D eigenvalue weighted by atomic mass is 10.1. The van der Waals surface area contributed by atoms with Crippen LogP contribution in [0.2, 0.25) is 0 Å². The molecule has 0 aliphatic carbocycles. The SMILES string of the molecule is Nc1cc(N)cc(-c2nnnn2Cc2cccc(Br)c2)c1. The number of rotatable bonds is 3. The normalized spacial score (nSPS) is 10.7. The van der Waals surface area contributed by atoms with Gasteiger partial charge in [0.25, 0.3) is 0 Å². The highest BCUT2D eigenvalue weighted by Crippen LogP contribution is 2.23. The Morgan fingerprint density at radius 3 is 2.52 bits per heavy atom. The highest BCUT2D eigenvalue weighted by Gasteiger charge is 2.10. The van der Waals surface area contributed by atoms with Gasteiger partial charge in [0, 0.05) is 21.4 Å². The van der Waals surface area contributed by atoms with Gasteiger partial charge in [-0.1, -0.05) is 28.1 Å². The smallest absolute Gasteiger partial charge is 0.182 e. The lowest BCUT2D eigenvalue weighted by molar-refractivity contribution is 0.653. The molecule has 1 heterocycles. The number of nitrogens with zero attached hydrogens (tertiary/aromatic N) is 4. The number of halogens is 1. The number of nitrogen functional groups attached to an aromatic ring is 2. The topological polar surface area (TPSA) is 95.6 Å². The third-order valence-corrected chi connectivity index (χ3v) is 3.48. The summed E-state index contributed by atoms with van der Waals surface area (Å²) in [5.41, 5.74) is 14.7. The van der Waals surface area contributed by atoms with Crippen molar-refractivity contribution in [1.29, 1.82) is 0 Å². The van der Waals surface area contributed by atoms with Crippen molar-refractivity contribution in [3.8, 4) is 11.4 Å². The van der Waals surface area contributed by atoms with Crippen LogP contribution >= 0.6 is 15.9 Å². The van der Waals surface area contributed by atoms with Gasteiger partial charge in [-0.05, 0) is 46.3 Å². The van der Waals surface area contributed by atoms with Crippen LogP contribution in [0.1, 0.15) is 5.56 Å². The summed E-state index contributed by atoms with van der Waals surface area (Å²) < 4.78 is 2.73. The Labute approximate surface area is 129 Å². The molecule has 106 valence electrons. The van der Waals surface area contributed by atoms with E-state index in [1.807, 2.05) is 24.3 Å². The number of hydrogen-bond donors (Lipinski definition) is 2. The summed E-state index contributed by atoms with van der Waals surface area (Å²) in [5.74, 6) is 0.633. The Hall–Kier alpha value is -2.41. The third-order valence-electron chi connectivity index (χ3n) is 2.99. The second kappa shape index (κ2) is 5.53. The maximum atomic E-state index is 5.82. The van der Waals surface area contributed by atoms with E-state index in [1.165, 1.54) is 0 Å². The molecule has 0 saturated heterocycles. The molecule has 0 aliphatic heterocycles. The summed E-state index contributed by atoms with van der Waals surface area (Å²) in [6.45, 7) is 0.566. The molecule has 6 nitrogen and oxygen atoms in total. The fourth-order valence-corrected chi connectivity index (χ4v) is 2.58.